The lowest BCUT2D eigenvalue weighted by molar-refractivity contribution is 0.457. The number of halogens is 1. The van der Waals surface area contributed by atoms with E-state index in [0.717, 1.165) is 81.0 Å². The molecule has 16 aromatic carbocycles. The lowest BCUT2D eigenvalue weighted by Gasteiger charge is -2.24. The van der Waals surface area contributed by atoms with Crippen LogP contribution in [0.2, 0.25) is 0 Å². The number of hydrogen-bond donors (Lipinski definition) is 1. The van der Waals surface area contributed by atoms with E-state index in [4.69, 9.17) is 14.7 Å². The molecule has 0 saturated carbocycles. The minimum Gasteiger partial charge on any atom is -0.537 e. The molecule has 0 amide bonds. The monoisotopic (exact) mass is 1530 g/mol. The van der Waals surface area contributed by atoms with E-state index in [2.05, 4.69) is 361 Å². The van der Waals surface area contributed by atoms with Crippen LogP contribution in [0.25, 0.3) is 198 Å². The first-order valence-corrected chi connectivity index (χ1v) is 38.8. The molecule has 0 unspecified atom stereocenters. The van der Waals surface area contributed by atoms with Gasteiger partial charge in [-0.15, -0.1) is 0 Å². The van der Waals surface area contributed by atoms with Crippen molar-refractivity contribution in [1.82, 2.24) is 28.2 Å². The number of pyridine rings is 2. The fourth-order valence-electron chi connectivity index (χ4n) is 18.3. The summed E-state index contributed by atoms with van der Waals surface area (Å²) in [6, 6.07) is 116. The van der Waals surface area contributed by atoms with E-state index in [0.29, 0.717) is 5.75 Å². The molecule has 0 fully saturated rings. The molecular weight excluding hydrogens is 1460 g/mol. The second-order valence-corrected chi connectivity index (χ2v) is 30.1. The van der Waals surface area contributed by atoms with Gasteiger partial charge in [-0.3, -0.25) is 9.97 Å². The quantitative estimate of drug-likeness (QED) is 0.115. The largest absolute Gasteiger partial charge is 0.569 e. The zero-order chi connectivity index (χ0) is 74.1. The number of allylic oxidation sites excluding steroid dienone is 3. The van der Waals surface area contributed by atoms with E-state index in [9.17, 15) is 0 Å². The van der Waals surface area contributed by atoms with Crippen LogP contribution >= 0.6 is 15.9 Å². The fraction of sp³-hybridized carbons (Fsp3) is 0.0385. The molecule has 6 aromatic heterocycles. The predicted molar refractivity (Wildman–Crippen MR) is 485 cm³/mol. The molecule has 2 aliphatic carbocycles. The molecular formula is C104H73BBrN6O2. The Hall–Kier alpha value is -13.9. The van der Waals surface area contributed by atoms with Crippen LogP contribution in [0, 0.1) is 0 Å². The Morgan fingerprint density at radius 1 is 0.325 bits per heavy atom. The van der Waals surface area contributed by atoms with Crippen molar-refractivity contribution in [1.29, 1.82) is 0 Å². The summed E-state index contributed by atoms with van der Waals surface area (Å²) in [5.41, 5.74) is 26.3. The Balaban J connectivity index is 0.000000122. The summed E-state index contributed by atoms with van der Waals surface area (Å²) in [4.78, 5) is 9.42. The van der Waals surface area contributed by atoms with Gasteiger partial charge in [-0.05, 0) is 203 Å². The molecule has 10 heteroatoms. The molecule has 24 rings (SSSR count). The van der Waals surface area contributed by atoms with Crippen LogP contribution in [-0.4, -0.2) is 40.9 Å². The van der Waals surface area contributed by atoms with E-state index < -0.39 is 0 Å². The lowest BCUT2D eigenvalue weighted by Crippen LogP contribution is -2.03. The van der Waals surface area contributed by atoms with Crippen molar-refractivity contribution < 1.29 is 9.68 Å². The maximum Gasteiger partial charge on any atom is 0.569 e. The molecule has 6 heterocycles. The number of nitrogens with zero attached hydrogens (tertiary/aromatic N) is 6. The summed E-state index contributed by atoms with van der Waals surface area (Å²) in [5, 5.41) is 28.7. The van der Waals surface area contributed by atoms with Crippen molar-refractivity contribution in [3.05, 3.63) is 380 Å². The van der Waals surface area contributed by atoms with Gasteiger partial charge in [-0.1, -0.05) is 251 Å². The summed E-state index contributed by atoms with van der Waals surface area (Å²) in [6.07, 6.45) is 16.8. The number of para-hydroxylation sites is 8. The molecule has 0 aliphatic heterocycles. The van der Waals surface area contributed by atoms with Gasteiger partial charge in [0.15, 0.2) is 0 Å². The zero-order valence-corrected chi connectivity index (χ0v) is 62.1. The summed E-state index contributed by atoms with van der Waals surface area (Å²) >= 11 is 3.63. The molecule has 1 N–H and O–H groups in total. The molecule has 0 bridgehead atoms. The zero-order valence-electron chi connectivity index (χ0n) is 60.5. The van der Waals surface area contributed by atoms with Crippen molar-refractivity contribution in [2.75, 3.05) is 0 Å². The third-order valence-electron chi connectivity index (χ3n) is 23.1. The van der Waals surface area contributed by atoms with Gasteiger partial charge in [-0.25, -0.2) is 0 Å². The molecule has 1 radical (unpaired) electrons. The Kier molecular flexibility index (Phi) is 17.1. The van der Waals surface area contributed by atoms with Gasteiger partial charge in [-0.2, -0.15) is 0 Å². The first-order valence-electron chi connectivity index (χ1n) is 38.0. The van der Waals surface area contributed by atoms with Crippen molar-refractivity contribution in [3.63, 3.8) is 0 Å². The second-order valence-electron chi connectivity index (χ2n) is 29.2. The lowest BCUT2D eigenvalue weighted by atomic mass is 9.80. The van der Waals surface area contributed by atoms with Crippen LogP contribution < -0.4 is 4.65 Å². The van der Waals surface area contributed by atoms with Crippen LogP contribution in [0.4, 0.5) is 0 Å². The third kappa shape index (κ3) is 11.2. The van der Waals surface area contributed by atoms with E-state index in [1.807, 2.05) is 43.0 Å². The standard InChI is InChI=1S/C51H33N3.C35H22BrN3.C16H10BO2.2CH4/c1-5-16-46-41(12-1)42-13-2-6-17-47(42)53(46)38-27-35(28-39(29-38)54-48-18-7-3-14-43(48)44-15-4-8-19-49(44)54)36-26-37(31-52-30-36)40-24-22-34-21-20-32-10-9-11-33-23-25-45(40)51(34)50(32)33;36-25-17-24(21-37-22-25)23-18-26(38-32-13-5-1-9-28(32)29-10-2-6-14-33(29)38)20-27(19-23)39-34-15-7-3-11-30(34)31-12-4-8-16-35(31)39;18-17-19-14-9-7-12-5-4-10-2-1-3-11-6-8-13(14)16(12)15(10)11;;/h1-9,11-20,22-31H,10,21H2;1-22H;1-9,18H;2*1H4. The van der Waals surface area contributed by atoms with E-state index in [-0.39, 0.29) is 14.9 Å². The smallest absolute Gasteiger partial charge is 0.537 e. The van der Waals surface area contributed by atoms with Gasteiger partial charge in [0.25, 0.3) is 0 Å². The van der Waals surface area contributed by atoms with Gasteiger partial charge < -0.3 is 27.9 Å². The van der Waals surface area contributed by atoms with Crippen LogP contribution in [0.15, 0.2) is 363 Å². The van der Waals surface area contributed by atoms with Crippen molar-refractivity contribution in [2.45, 2.75) is 27.7 Å². The minimum absolute atomic E-state index is 0. The number of hydrogen-bond acceptors (Lipinski definition) is 4. The summed E-state index contributed by atoms with van der Waals surface area (Å²) in [5.74, 6) is 0.674. The van der Waals surface area contributed by atoms with Crippen molar-refractivity contribution >= 4 is 166 Å². The first kappa shape index (κ1) is 69.3. The minimum atomic E-state index is 0. The van der Waals surface area contributed by atoms with E-state index >= 15 is 0 Å². The third-order valence-corrected chi connectivity index (χ3v) is 23.5. The Bertz CT molecular complexity index is 7210. The SMILES string of the molecule is Brc1cncc(-c2cc(-n3c4ccccc4c4ccccc43)cc(-n3c4ccccc4c4ccccc43)c2)c1.C.C.C1=Cc2ccc3c(-c4cncc(-c5cc(-n6c7ccccc7c7ccccc76)cc(-n6c7ccccc7c7ccccc76)c5)c4)ccc4c3c2C(=CC4)C1.O[B]Oc1ccc2ccc3cccc4ccc1c2c34. The highest BCUT2D eigenvalue weighted by Gasteiger charge is 2.25. The van der Waals surface area contributed by atoms with Crippen LogP contribution in [0.5, 0.6) is 5.75 Å². The first-order chi connectivity index (χ1) is 55.4. The Morgan fingerprint density at radius 3 is 1.17 bits per heavy atom. The fourth-order valence-corrected chi connectivity index (χ4v) is 18.7. The van der Waals surface area contributed by atoms with Gasteiger partial charge in [0.1, 0.15) is 5.75 Å². The van der Waals surface area contributed by atoms with Crippen molar-refractivity contribution in [3.8, 4) is 61.9 Å². The second kappa shape index (κ2) is 28.1. The molecule has 541 valence electrons. The maximum absolute atomic E-state index is 8.87. The highest BCUT2D eigenvalue weighted by molar-refractivity contribution is 9.10. The number of aromatic nitrogens is 6. The van der Waals surface area contributed by atoms with E-state index in [1.54, 1.807) is 0 Å². The molecule has 114 heavy (non-hydrogen) atoms. The van der Waals surface area contributed by atoms with Crippen LogP contribution in [0.1, 0.15) is 38.0 Å². The summed E-state index contributed by atoms with van der Waals surface area (Å²) < 4.78 is 15.8. The number of fused-ring (bicyclic) bond motifs is 12. The van der Waals surface area contributed by atoms with Crippen molar-refractivity contribution in [2.24, 2.45) is 0 Å². The normalized spacial score (nSPS) is 12.3. The Morgan fingerprint density at radius 2 is 0.719 bits per heavy atom. The Labute approximate surface area is 668 Å². The molecule has 22 aromatic rings. The van der Waals surface area contributed by atoms with Gasteiger partial charge >= 0.3 is 7.69 Å². The average molecular weight is 1530 g/mol. The van der Waals surface area contributed by atoms with Gasteiger partial charge in [0.05, 0.1) is 44.1 Å². The highest BCUT2D eigenvalue weighted by Crippen LogP contribution is 2.47. The highest BCUT2D eigenvalue weighted by atomic mass is 79.9. The van der Waals surface area contributed by atoms with E-state index in [1.165, 1.54) is 153 Å². The topological polar surface area (TPSA) is 75.0 Å². The predicted octanol–water partition coefficient (Wildman–Crippen LogP) is 27.6. The molecule has 0 spiro atoms. The number of benzene rings is 16. The molecule has 2 aliphatic rings. The summed E-state index contributed by atoms with van der Waals surface area (Å²) in [7, 11) is 0.728. The molecule has 0 atom stereocenters. The van der Waals surface area contributed by atoms with Gasteiger partial charge in [0, 0.05) is 123 Å². The van der Waals surface area contributed by atoms with Crippen LogP contribution in [0.3, 0.4) is 0 Å². The molecule has 0 saturated heterocycles. The summed E-state index contributed by atoms with van der Waals surface area (Å²) in [6.45, 7) is 0. The van der Waals surface area contributed by atoms with Crippen LogP contribution in [-0.2, 0) is 6.42 Å². The van der Waals surface area contributed by atoms with Gasteiger partial charge in [0.2, 0.25) is 0 Å². The maximum atomic E-state index is 8.87. The average Bonchev–Trinajstić information content (AvgIpc) is 1.09. The number of rotatable bonds is 9. The molecule has 8 nitrogen and oxygen atoms in total.